The molecule has 0 radical (unpaired) electrons. The number of para-hydroxylation sites is 1. The highest BCUT2D eigenvalue weighted by Crippen LogP contribution is 2.29. The van der Waals surface area contributed by atoms with Crippen molar-refractivity contribution in [2.24, 2.45) is 0 Å². The highest BCUT2D eigenvalue weighted by atomic mass is 35.5. The lowest BCUT2D eigenvalue weighted by Crippen LogP contribution is -2.57. The predicted octanol–water partition coefficient (Wildman–Crippen LogP) is 3.23. The maximum absolute atomic E-state index is 13.3. The van der Waals surface area contributed by atoms with Gasteiger partial charge in [-0.1, -0.05) is 48.4 Å². The van der Waals surface area contributed by atoms with Crippen molar-refractivity contribution in [3.63, 3.8) is 0 Å². The van der Waals surface area contributed by atoms with E-state index >= 15 is 0 Å². The van der Waals surface area contributed by atoms with Gasteiger partial charge in [0.15, 0.2) is 0 Å². The maximum Gasteiger partial charge on any atom is 0.243 e. The summed E-state index contributed by atoms with van der Waals surface area (Å²) in [5, 5.41) is 0.699. The molecule has 2 heterocycles. The first-order valence-corrected chi connectivity index (χ1v) is 12.2. The Kier molecular flexibility index (Phi) is 6.32. The number of piperidine rings is 1. The fourth-order valence-corrected chi connectivity index (χ4v) is 6.18. The van der Waals surface area contributed by atoms with Crippen LogP contribution in [0, 0.1) is 0 Å². The molecule has 0 spiro atoms. The lowest BCUT2D eigenvalue weighted by atomic mass is 10.0. The van der Waals surface area contributed by atoms with Gasteiger partial charge in [0.2, 0.25) is 15.9 Å². The summed E-state index contributed by atoms with van der Waals surface area (Å²) in [7, 11) is -3.70. The first kappa shape index (κ1) is 21.2. The largest absolute Gasteiger partial charge is 0.367 e. The van der Waals surface area contributed by atoms with Gasteiger partial charge in [-0.3, -0.25) is 4.79 Å². The number of carbonyl (C=O) groups is 1. The third kappa shape index (κ3) is 4.19. The monoisotopic (exact) mass is 447 g/mol. The quantitative estimate of drug-likeness (QED) is 0.722. The standard InChI is InChI=1S/C22H26ClN3O3S/c23-19-10-4-5-11-20(19)24-14-16-25(17-15-24)22(27)21-12-6-7-13-26(21)30(28,29)18-8-2-1-3-9-18/h1-5,8-11,21H,6-7,12-17H2. The van der Waals surface area contributed by atoms with E-state index in [9.17, 15) is 13.2 Å². The van der Waals surface area contributed by atoms with Gasteiger partial charge in [-0.25, -0.2) is 8.42 Å². The molecule has 2 aromatic carbocycles. The minimum Gasteiger partial charge on any atom is -0.367 e. The second-order valence-corrected chi connectivity index (χ2v) is 10.0. The summed E-state index contributed by atoms with van der Waals surface area (Å²) < 4.78 is 27.8. The van der Waals surface area contributed by atoms with Gasteiger partial charge in [0.05, 0.1) is 15.6 Å². The van der Waals surface area contributed by atoms with Crippen LogP contribution in [0.15, 0.2) is 59.5 Å². The molecule has 2 aliphatic rings. The minimum atomic E-state index is -3.70. The zero-order valence-corrected chi connectivity index (χ0v) is 18.4. The van der Waals surface area contributed by atoms with E-state index in [0.29, 0.717) is 44.2 Å². The smallest absolute Gasteiger partial charge is 0.243 e. The topological polar surface area (TPSA) is 60.9 Å². The average molecular weight is 448 g/mol. The Balaban J connectivity index is 1.48. The van der Waals surface area contributed by atoms with Crippen LogP contribution in [0.2, 0.25) is 5.02 Å². The summed E-state index contributed by atoms with van der Waals surface area (Å²) in [5.74, 6) is -0.0898. The number of sulfonamides is 1. The number of hydrogen-bond donors (Lipinski definition) is 0. The summed E-state index contributed by atoms with van der Waals surface area (Å²) in [4.78, 5) is 17.5. The van der Waals surface area contributed by atoms with Crippen molar-refractivity contribution in [2.75, 3.05) is 37.6 Å². The molecule has 0 aromatic heterocycles. The molecule has 8 heteroatoms. The van der Waals surface area contributed by atoms with E-state index in [1.54, 1.807) is 35.2 Å². The number of hydrogen-bond acceptors (Lipinski definition) is 4. The van der Waals surface area contributed by atoms with Crippen molar-refractivity contribution in [3.05, 3.63) is 59.6 Å². The first-order chi connectivity index (χ1) is 14.5. The third-order valence-electron chi connectivity index (χ3n) is 5.87. The molecule has 0 N–H and O–H groups in total. The Labute approximate surface area is 183 Å². The number of carbonyl (C=O) groups excluding carboxylic acids is 1. The summed E-state index contributed by atoms with van der Waals surface area (Å²) in [6.07, 6.45) is 2.20. The van der Waals surface area contributed by atoms with Crippen LogP contribution in [0.25, 0.3) is 0 Å². The normalized spacial score (nSPS) is 20.9. The summed E-state index contributed by atoms with van der Waals surface area (Å²) in [5.41, 5.74) is 0.970. The van der Waals surface area contributed by atoms with Crippen molar-refractivity contribution in [1.82, 2.24) is 9.21 Å². The molecule has 2 saturated heterocycles. The fraction of sp³-hybridized carbons (Fsp3) is 0.409. The van der Waals surface area contributed by atoms with Crippen LogP contribution in [0.3, 0.4) is 0 Å². The Hall–Kier alpha value is -2.09. The van der Waals surface area contributed by atoms with Crippen molar-refractivity contribution in [1.29, 1.82) is 0 Å². The van der Waals surface area contributed by atoms with Crippen LogP contribution in [-0.2, 0) is 14.8 Å². The number of nitrogens with zero attached hydrogens (tertiary/aromatic N) is 3. The van der Waals surface area contributed by atoms with Gasteiger partial charge >= 0.3 is 0 Å². The summed E-state index contributed by atoms with van der Waals surface area (Å²) in [6, 6.07) is 15.5. The SMILES string of the molecule is O=C(C1CCCCN1S(=O)(=O)c1ccccc1)N1CCN(c2ccccc2Cl)CC1. The van der Waals surface area contributed by atoms with Crippen LogP contribution in [0.4, 0.5) is 5.69 Å². The van der Waals surface area contributed by atoms with E-state index in [2.05, 4.69) is 4.90 Å². The predicted molar refractivity (Wildman–Crippen MR) is 118 cm³/mol. The lowest BCUT2D eigenvalue weighted by Gasteiger charge is -2.41. The molecule has 30 heavy (non-hydrogen) atoms. The van der Waals surface area contributed by atoms with Gasteiger partial charge in [-0.05, 0) is 37.1 Å². The van der Waals surface area contributed by atoms with Crippen LogP contribution >= 0.6 is 11.6 Å². The molecule has 2 fully saturated rings. The van der Waals surface area contributed by atoms with Gasteiger partial charge in [0.25, 0.3) is 0 Å². The maximum atomic E-state index is 13.3. The minimum absolute atomic E-state index is 0.0898. The number of anilines is 1. The third-order valence-corrected chi connectivity index (χ3v) is 8.12. The van der Waals surface area contributed by atoms with E-state index in [4.69, 9.17) is 11.6 Å². The Bertz CT molecular complexity index is 992. The molecule has 0 bridgehead atoms. The molecular weight excluding hydrogens is 422 g/mol. The molecule has 6 nitrogen and oxygen atoms in total. The second kappa shape index (κ2) is 8.96. The van der Waals surface area contributed by atoms with Crippen LogP contribution < -0.4 is 4.90 Å². The molecule has 2 aromatic rings. The van der Waals surface area contributed by atoms with Crippen LogP contribution in [0.1, 0.15) is 19.3 Å². The van der Waals surface area contributed by atoms with E-state index < -0.39 is 16.1 Å². The Morgan fingerprint density at radius 3 is 2.23 bits per heavy atom. The highest BCUT2D eigenvalue weighted by Gasteiger charge is 2.40. The molecular formula is C22H26ClN3O3S. The lowest BCUT2D eigenvalue weighted by molar-refractivity contribution is -0.136. The van der Waals surface area contributed by atoms with E-state index in [-0.39, 0.29) is 10.8 Å². The van der Waals surface area contributed by atoms with E-state index in [1.165, 1.54) is 4.31 Å². The molecule has 160 valence electrons. The zero-order chi connectivity index (χ0) is 21.1. The molecule has 4 rings (SSSR count). The Morgan fingerprint density at radius 2 is 1.53 bits per heavy atom. The van der Waals surface area contributed by atoms with Crippen LogP contribution in [0.5, 0.6) is 0 Å². The van der Waals surface area contributed by atoms with Gasteiger partial charge in [0, 0.05) is 32.7 Å². The molecule has 2 aliphatic heterocycles. The molecule has 0 aliphatic carbocycles. The summed E-state index contributed by atoms with van der Waals surface area (Å²) in [6.45, 7) is 2.84. The molecule has 1 atom stereocenters. The van der Waals surface area contributed by atoms with Crippen molar-refractivity contribution in [2.45, 2.75) is 30.2 Å². The van der Waals surface area contributed by atoms with E-state index in [0.717, 1.165) is 18.5 Å². The molecule has 1 amide bonds. The molecule has 0 saturated carbocycles. The van der Waals surface area contributed by atoms with Crippen molar-refractivity contribution in [3.8, 4) is 0 Å². The number of benzene rings is 2. The number of piperazine rings is 1. The zero-order valence-electron chi connectivity index (χ0n) is 16.8. The second-order valence-electron chi connectivity index (χ2n) is 7.70. The summed E-state index contributed by atoms with van der Waals surface area (Å²) >= 11 is 6.31. The highest BCUT2D eigenvalue weighted by molar-refractivity contribution is 7.89. The fourth-order valence-electron chi connectivity index (χ4n) is 4.25. The first-order valence-electron chi connectivity index (χ1n) is 10.3. The van der Waals surface area contributed by atoms with Gasteiger partial charge in [-0.15, -0.1) is 0 Å². The van der Waals surface area contributed by atoms with Gasteiger partial charge < -0.3 is 9.80 Å². The Morgan fingerprint density at radius 1 is 0.867 bits per heavy atom. The van der Waals surface area contributed by atoms with Gasteiger partial charge in [-0.2, -0.15) is 4.31 Å². The van der Waals surface area contributed by atoms with Crippen molar-refractivity contribution >= 4 is 33.2 Å². The van der Waals surface area contributed by atoms with E-state index in [1.807, 2.05) is 24.3 Å². The van der Waals surface area contributed by atoms with Crippen molar-refractivity contribution < 1.29 is 13.2 Å². The number of amides is 1. The average Bonchev–Trinajstić information content (AvgIpc) is 2.80. The number of rotatable bonds is 4. The van der Waals surface area contributed by atoms with Gasteiger partial charge in [0.1, 0.15) is 6.04 Å². The van der Waals surface area contributed by atoms with Crippen LogP contribution in [-0.4, -0.2) is 62.3 Å². The number of halogens is 1. The molecule has 1 unspecified atom stereocenters.